The van der Waals surface area contributed by atoms with Gasteiger partial charge in [-0.2, -0.15) is 0 Å². The van der Waals surface area contributed by atoms with E-state index in [-0.39, 0.29) is 11.5 Å². The Labute approximate surface area is 186 Å². The predicted octanol–water partition coefficient (Wildman–Crippen LogP) is 1.67. The summed E-state index contributed by atoms with van der Waals surface area (Å²) < 4.78 is 14.3. The van der Waals surface area contributed by atoms with Gasteiger partial charge in [-0.25, -0.2) is 4.39 Å². The van der Waals surface area contributed by atoms with E-state index in [9.17, 15) is 19.1 Å². The summed E-state index contributed by atoms with van der Waals surface area (Å²) in [6.45, 7) is 6.05. The number of anilines is 2. The van der Waals surface area contributed by atoms with Crippen molar-refractivity contribution < 1.29 is 19.1 Å². The Bertz CT molecular complexity index is 1020. The first-order valence-electron chi connectivity index (χ1n) is 10.8. The highest BCUT2D eigenvalue weighted by molar-refractivity contribution is 6.01. The number of rotatable bonds is 5. The maximum absolute atomic E-state index is 14.3. The number of hydrogen-bond donors (Lipinski definition) is 3. The maximum Gasteiger partial charge on any atom is 0.259 e. The zero-order valence-electron chi connectivity index (χ0n) is 18.3. The number of halogens is 1. The molecule has 1 saturated heterocycles. The van der Waals surface area contributed by atoms with Crippen LogP contribution in [0.15, 0.2) is 36.4 Å². The van der Waals surface area contributed by atoms with E-state index in [4.69, 9.17) is 0 Å². The van der Waals surface area contributed by atoms with Gasteiger partial charge in [0.25, 0.3) is 11.8 Å². The Hall–Kier alpha value is -3.17. The largest absolute Gasteiger partial charge is 0.369 e. The lowest BCUT2D eigenvalue weighted by Gasteiger charge is -2.37. The van der Waals surface area contributed by atoms with Gasteiger partial charge in [-0.3, -0.25) is 19.4 Å². The van der Waals surface area contributed by atoms with Crippen LogP contribution in [0.25, 0.3) is 0 Å². The average molecular weight is 442 g/mol. The van der Waals surface area contributed by atoms with Gasteiger partial charge in [0.1, 0.15) is 5.82 Å². The van der Waals surface area contributed by atoms with Crippen molar-refractivity contribution in [2.45, 2.75) is 19.8 Å². The highest BCUT2D eigenvalue weighted by Crippen LogP contribution is 2.27. The second-order valence-corrected chi connectivity index (χ2v) is 8.00. The number of benzene rings is 2. The quantitative estimate of drug-likeness (QED) is 0.654. The summed E-state index contributed by atoms with van der Waals surface area (Å²) in [6, 6.07) is 10.4. The van der Waals surface area contributed by atoms with Crippen molar-refractivity contribution in [2.24, 2.45) is 0 Å². The minimum Gasteiger partial charge on any atom is -0.369 e. The second kappa shape index (κ2) is 9.13. The first-order valence-corrected chi connectivity index (χ1v) is 10.8. The van der Waals surface area contributed by atoms with Crippen molar-refractivity contribution in [2.75, 3.05) is 50.0 Å². The fraction of sp³-hybridized carbons (Fsp3) is 0.391. The normalized spacial score (nSPS) is 18.9. The van der Waals surface area contributed by atoms with Crippen LogP contribution in [-0.4, -0.2) is 72.8 Å². The molecule has 1 unspecified atom stereocenters. The molecule has 2 aliphatic rings. The van der Waals surface area contributed by atoms with Crippen LogP contribution in [0.4, 0.5) is 15.8 Å². The summed E-state index contributed by atoms with van der Waals surface area (Å²) in [5.41, 5.74) is 3.07. The molecule has 2 heterocycles. The number of fused-ring (bicyclic) bond motifs is 1. The summed E-state index contributed by atoms with van der Waals surface area (Å²) in [4.78, 5) is 30.0. The highest BCUT2D eigenvalue weighted by atomic mass is 19.1. The van der Waals surface area contributed by atoms with Crippen LogP contribution in [-0.2, 0) is 6.54 Å². The summed E-state index contributed by atoms with van der Waals surface area (Å²) in [5.74, 6) is -1.14. The van der Waals surface area contributed by atoms with E-state index in [1.54, 1.807) is 6.07 Å². The van der Waals surface area contributed by atoms with E-state index < -0.39 is 18.1 Å². The van der Waals surface area contributed by atoms with Crippen LogP contribution in [0, 0.1) is 5.82 Å². The smallest absolute Gasteiger partial charge is 0.259 e. The molecule has 0 saturated carbocycles. The zero-order chi connectivity index (χ0) is 22.8. The maximum atomic E-state index is 14.3. The van der Waals surface area contributed by atoms with E-state index in [0.717, 1.165) is 37.4 Å². The van der Waals surface area contributed by atoms with Gasteiger partial charge in [0.2, 0.25) is 6.35 Å². The standard InChI is InChI=1S/C23H28FN5O3/c1-3-29-22(31)18-6-4-15(12-20(18)26-23(29)32)14-27-8-10-28(11-9-27)16-5-7-17(19(24)13-16)21(30)25-2/h4-7,12-13,23,26,32H,3,8-11,14H2,1-2H3,(H,25,30). The molecule has 170 valence electrons. The first-order chi connectivity index (χ1) is 15.4. The molecule has 0 aromatic heterocycles. The van der Waals surface area contributed by atoms with Gasteiger partial charge in [0.05, 0.1) is 16.8 Å². The van der Waals surface area contributed by atoms with Gasteiger partial charge in [-0.1, -0.05) is 6.07 Å². The van der Waals surface area contributed by atoms with E-state index >= 15 is 0 Å². The molecule has 8 nitrogen and oxygen atoms in total. The van der Waals surface area contributed by atoms with Crippen LogP contribution < -0.4 is 15.5 Å². The summed E-state index contributed by atoms with van der Waals surface area (Å²) >= 11 is 0. The third-order valence-electron chi connectivity index (χ3n) is 6.06. The van der Waals surface area contributed by atoms with Gasteiger partial charge in [0.15, 0.2) is 0 Å². The number of aliphatic hydroxyl groups is 1. The summed E-state index contributed by atoms with van der Waals surface area (Å²) in [7, 11) is 1.48. The van der Waals surface area contributed by atoms with Crippen molar-refractivity contribution >= 4 is 23.2 Å². The number of aliphatic hydroxyl groups excluding tert-OH is 1. The second-order valence-electron chi connectivity index (χ2n) is 8.00. The number of hydrogen-bond acceptors (Lipinski definition) is 6. The monoisotopic (exact) mass is 441 g/mol. The minimum absolute atomic E-state index is 0.0431. The molecule has 1 atom stereocenters. The van der Waals surface area contributed by atoms with Gasteiger partial charge < -0.3 is 20.6 Å². The molecule has 9 heteroatoms. The van der Waals surface area contributed by atoms with Crippen molar-refractivity contribution in [1.29, 1.82) is 0 Å². The molecule has 0 radical (unpaired) electrons. The number of piperazine rings is 1. The molecule has 1 fully saturated rings. The zero-order valence-corrected chi connectivity index (χ0v) is 18.3. The third-order valence-corrected chi connectivity index (χ3v) is 6.06. The lowest BCUT2D eigenvalue weighted by atomic mass is 10.0. The summed E-state index contributed by atoms with van der Waals surface area (Å²) in [5, 5.41) is 15.6. The molecule has 2 aliphatic heterocycles. The fourth-order valence-corrected chi connectivity index (χ4v) is 4.24. The van der Waals surface area contributed by atoms with Crippen LogP contribution in [0.1, 0.15) is 33.2 Å². The molecule has 0 spiro atoms. The molecule has 3 N–H and O–H groups in total. The van der Waals surface area contributed by atoms with Crippen molar-refractivity contribution in [3.05, 3.63) is 58.9 Å². The van der Waals surface area contributed by atoms with Crippen LogP contribution in [0.3, 0.4) is 0 Å². The predicted molar refractivity (Wildman–Crippen MR) is 120 cm³/mol. The number of carbonyl (C=O) groups excluding carboxylic acids is 2. The molecular weight excluding hydrogens is 413 g/mol. The van der Waals surface area contributed by atoms with Crippen molar-refractivity contribution in [3.63, 3.8) is 0 Å². The average Bonchev–Trinajstić information content (AvgIpc) is 2.79. The molecular formula is C23H28FN5O3. The highest BCUT2D eigenvalue weighted by Gasteiger charge is 2.29. The van der Waals surface area contributed by atoms with Crippen LogP contribution in [0.2, 0.25) is 0 Å². The number of nitrogens with zero attached hydrogens (tertiary/aromatic N) is 3. The van der Waals surface area contributed by atoms with E-state index in [1.807, 2.05) is 25.1 Å². The van der Waals surface area contributed by atoms with Crippen molar-refractivity contribution in [3.8, 4) is 0 Å². The van der Waals surface area contributed by atoms with Crippen molar-refractivity contribution in [1.82, 2.24) is 15.1 Å². The van der Waals surface area contributed by atoms with Gasteiger partial charge >= 0.3 is 0 Å². The Morgan fingerprint density at radius 3 is 2.59 bits per heavy atom. The Morgan fingerprint density at radius 2 is 1.94 bits per heavy atom. The topological polar surface area (TPSA) is 88.2 Å². The summed E-state index contributed by atoms with van der Waals surface area (Å²) in [6.07, 6.45) is -1.02. The fourth-order valence-electron chi connectivity index (χ4n) is 4.24. The molecule has 0 aliphatic carbocycles. The van der Waals surface area contributed by atoms with Crippen LogP contribution >= 0.6 is 0 Å². The molecule has 2 aromatic carbocycles. The third kappa shape index (κ3) is 4.26. The Balaban J connectivity index is 1.38. The molecule has 32 heavy (non-hydrogen) atoms. The van der Waals surface area contributed by atoms with E-state index in [1.165, 1.54) is 24.1 Å². The van der Waals surface area contributed by atoms with Crippen LogP contribution in [0.5, 0.6) is 0 Å². The Morgan fingerprint density at radius 1 is 1.19 bits per heavy atom. The number of nitrogens with one attached hydrogen (secondary N) is 2. The molecule has 4 rings (SSSR count). The number of carbonyl (C=O) groups is 2. The van der Waals surface area contributed by atoms with Gasteiger partial charge in [-0.15, -0.1) is 0 Å². The van der Waals surface area contributed by atoms with E-state index in [2.05, 4.69) is 20.4 Å². The van der Waals surface area contributed by atoms with E-state index in [0.29, 0.717) is 24.3 Å². The Kier molecular flexibility index (Phi) is 6.29. The first kappa shape index (κ1) is 22.0. The lowest BCUT2D eigenvalue weighted by molar-refractivity contribution is 0.0210. The molecule has 2 aromatic rings. The SMILES string of the molecule is CCN1C(=O)c2ccc(CN3CCN(c4ccc(C(=O)NC)c(F)c4)CC3)cc2NC1O. The van der Waals surface area contributed by atoms with Gasteiger partial charge in [-0.05, 0) is 42.8 Å². The molecule has 0 bridgehead atoms. The lowest BCUT2D eigenvalue weighted by Crippen LogP contribution is -2.48. The minimum atomic E-state index is -1.02. The molecule has 2 amide bonds. The van der Waals surface area contributed by atoms with Gasteiger partial charge in [0, 0.05) is 52.0 Å². The number of amides is 2.